The Balaban J connectivity index is 1.82. The summed E-state index contributed by atoms with van der Waals surface area (Å²) in [5, 5.41) is 2.73. The molecule has 0 radical (unpaired) electrons. The second-order valence-electron chi connectivity index (χ2n) is 6.28. The maximum Gasteiger partial charge on any atom is 0.247 e. The van der Waals surface area contributed by atoms with E-state index in [0.717, 1.165) is 10.6 Å². The minimum absolute atomic E-state index is 0.369. The van der Waals surface area contributed by atoms with E-state index in [2.05, 4.69) is 5.32 Å². The number of carbonyl (C=O) groups excluding carboxylic acids is 1. The maximum absolute atomic E-state index is 12.8. The van der Waals surface area contributed by atoms with Gasteiger partial charge in [0.05, 0.1) is 19.1 Å². The van der Waals surface area contributed by atoms with Crippen LogP contribution in [0.4, 0.5) is 11.4 Å². The van der Waals surface area contributed by atoms with E-state index in [0.29, 0.717) is 41.8 Å². The molecule has 3 rings (SSSR count). The fourth-order valence-electron chi connectivity index (χ4n) is 2.91. The lowest BCUT2D eigenvalue weighted by molar-refractivity contribution is -0.116. The third kappa shape index (κ3) is 4.30. The normalized spacial score (nSPS) is 14.1. The molecule has 0 bridgehead atoms. The second-order valence-corrected chi connectivity index (χ2v) is 8.14. The summed E-state index contributed by atoms with van der Waals surface area (Å²) < 4.78 is 41.8. The van der Waals surface area contributed by atoms with Crippen LogP contribution in [-0.4, -0.2) is 46.9 Å². The number of nitrogens with one attached hydrogen (secondary N) is 1. The van der Waals surface area contributed by atoms with E-state index in [1.165, 1.54) is 14.0 Å². The highest BCUT2D eigenvalue weighted by atomic mass is 32.2. The molecule has 1 amide bonds. The maximum atomic E-state index is 12.8. The van der Waals surface area contributed by atoms with E-state index in [1.54, 1.807) is 42.5 Å². The van der Waals surface area contributed by atoms with Gasteiger partial charge in [-0.2, -0.15) is 0 Å². The van der Waals surface area contributed by atoms with E-state index >= 15 is 0 Å². The van der Waals surface area contributed by atoms with Crippen LogP contribution in [0.3, 0.4) is 0 Å². The van der Waals surface area contributed by atoms with Crippen molar-refractivity contribution in [2.45, 2.75) is 13.0 Å². The average Bonchev–Trinajstić information content (AvgIpc) is 2.67. The first-order chi connectivity index (χ1) is 13.3. The number of fused-ring (bicyclic) bond motifs is 1. The first kappa shape index (κ1) is 19.8. The minimum atomic E-state index is -3.70. The van der Waals surface area contributed by atoms with Gasteiger partial charge < -0.3 is 19.5 Å². The summed E-state index contributed by atoms with van der Waals surface area (Å²) in [4.78, 5) is 12.8. The monoisotopic (exact) mass is 406 g/mol. The summed E-state index contributed by atoms with van der Waals surface area (Å²) in [6, 6.07) is 10.5. The Labute approximate surface area is 164 Å². The SMILES string of the molecule is COc1ccc(N(C(C)C(=O)Nc2ccc3c(c2)OCCO3)S(C)(=O)=O)cc1. The highest BCUT2D eigenvalue weighted by Gasteiger charge is 2.29. The van der Waals surface area contributed by atoms with Crippen molar-refractivity contribution in [3.63, 3.8) is 0 Å². The number of hydrogen-bond acceptors (Lipinski definition) is 6. The molecule has 0 fully saturated rings. The molecule has 8 nitrogen and oxygen atoms in total. The molecule has 150 valence electrons. The number of methoxy groups -OCH3 is 1. The molecule has 0 saturated carbocycles. The summed E-state index contributed by atoms with van der Waals surface area (Å²) in [7, 11) is -2.18. The van der Waals surface area contributed by atoms with Gasteiger partial charge in [0, 0.05) is 11.8 Å². The van der Waals surface area contributed by atoms with E-state index in [4.69, 9.17) is 14.2 Å². The van der Waals surface area contributed by atoms with Crippen LogP contribution in [0.1, 0.15) is 6.92 Å². The first-order valence-electron chi connectivity index (χ1n) is 8.63. The number of carbonyl (C=O) groups is 1. The number of nitrogens with zero attached hydrogens (tertiary/aromatic N) is 1. The molecule has 0 spiro atoms. The van der Waals surface area contributed by atoms with Crippen molar-refractivity contribution < 1.29 is 27.4 Å². The largest absolute Gasteiger partial charge is 0.497 e. The zero-order chi connectivity index (χ0) is 20.3. The number of rotatable bonds is 6. The molecule has 0 saturated heterocycles. The molecule has 0 aromatic heterocycles. The molecule has 2 aromatic rings. The molecule has 1 atom stereocenters. The van der Waals surface area contributed by atoms with Crippen molar-refractivity contribution in [3.8, 4) is 17.2 Å². The molecule has 0 aliphatic carbocycles. The van der Waals surface area contributed by atoms with E-state index in [-0.39, 0.29) is 0 Å². The Hall–Kier alpha value is -2.94. The average molecular weight is 406 g/mol. The van der Waals surface area contributed by atoms with Gasteiger partial charge in [-0.25, -0.2) is 8.42 Å². The molecule has 1 N–H and O–H groups in total. The number of anilines is 2. The third-order valence-electron chi connectivity index (χ3n) is 4.23. The first-order valence-corrected chi connectivity index (χ1v) is 10.5. The molecule has 2 aromatic carbocycles. The standard InChI is InChI=1S/C19H22N2O6S/c1-13(21(28(3,23)24)15-5-7-16(25-2)8-6-15)19(22)20-14-4-9-17-18(12-14)27-11-10-26-17/h4-9,12-13H,10-11H2,1-3H3,(H,20,22). The van der Waals surface area contributed by atoms with Crippen LogP contribution in [0.25, 0.3) is 0 Å². The van der Waals surface area contributed by atoms with Crippen LogP contribution in [0, 0.1) is 0 Å². The van der Waals surface area contributed by atoms with Crippen LogP contribution in [0.2, 0.25) is 0 Å². The van der Waals surface area contributed by atoms with Gasteiger partial charge in [0.25, 0.3) is 0 Å². The number of hydrogen-bond donors (Lipinski definition) is 1. The van der Waals surface area contributed by atoms with Gasteiger partial charge in [-0.15, -0.1) is 0 Å². The van der Waals surface area contributed by atoms with Crippen LogP contribution in [-0.2, 0) is 14.8 Å². The molecule has 9 heteroatoms. The van der Waals surface area contributed by atoms with Crippen LogP contribution in [0.5, 0.6) is 17.2 Å². The molecular weight excluding hydrogens is 384 g/mol. The summed E-state index contributed by atoms with van der Waals surface area (Å²) in [6.45, 7) is 2.43. The smallest absolute Gasteiger partial charge is 0.247 e. The van der Waals surface area contributed by atoms with Crippen LogP contribution < -0.4 is 23.8 Å². The minimum Gasteiger partial charge on any atom is -0.497 e. The van der Waals surface area contributed by atoms with Gasteiger partial charge in [0.2, 0.25) is 15.9 Å². The van der Waals surface area contributed by atoms with Crippen molar-refractivity contribution in [1.29, 1.82) is 0 Å². The van der Waals surface area contributed by atoms with Crippen molar-refractivity contribution in [3.05, 3.63) is 42.5 Å². The third-order valence-corrected chi connectivity index (χ3v) is 5.47. The fraction of sp³-hybridized carbons (Fsp3) is 0.316. The van der Waals surface area contributed by atoms with Crippen molar-refractivity contribution in [1.82, 2.24) is 0 Å². The van der Waals surface area contributed by atoms with Gasteiger partial charge >= 0.3 is 0 Å². The van der Waals surface area contributed by atoms with Gasteiger partial charge in [-0.1, -0.05) is 0 Å². The Morgan fingerprint density at radius 3 is 2.36 bits per heavy atom. The van der Waals surface area contributed by atoms with Crippen molar-refractivity contribution in [2.24, 2.45) is 0 Å². The second kappa shape index (κ2) is 7.97. The van der Waals surface area contributed by atoms with Crippen LogP contribution >= 0.6 is 0 Å². The fourth-order valence-corrected chi connectivity index (χ4v) is 4.08. The Morgan fingerprint density at radius 2 is 1.75 bits per heavy atom. The topological polar surface area (TPSA) is 94.2 Å². The lowest BCUT2D eigenvalue weighted by atomic mass is 10.2. The number of ether oxygens (including phenoxy) is 3. The summed E-state index contributed by atoms with van der Waals surface area (Å²) >= 11 is 0. The van der Waals surface area contributed by atoms with E-state index in [1.807, 2.05) is 0 Å². The highest BCUT2D eigenvalue weighted by Crippen LogP contribution is 2.33. The Bertz CT molecular complexity index is 959. The van der Waals surface area contributed by atoms with E-state index in [9.17, 15) is 13.2 Å². The number of sulfonamides is 1. The molecule has 1 unspecified atom stereocenters. The van der Waals surface area contributed by atoms with Crippen LogP contribution in [0.15, 0.2) is 42.5 Å². The predicted octanol–water partition coefficient (Wildman–Crippen LogP) is 2.26. The van der Waals surface area contributed by atoms with Gasteiger partial charge in [0.1, 0.15) is 25.0 Å². The highest BCUT2D eigenvalue weighted by molar-refractivity contribution is 7.92. The summed E-state index contributed by atoms with van der Waals surface area (Å²) in [5.41, 5.74) is 0.859. The predicted molar refractivity (Wildman–Crippen MR) is 106 cm³/mol. The van der Waals surface area contributed by atoms with Gasteiger partial charge in [-0.05, 0) is 43.3 Å². The lowest BCUT2D eigenvalue weighted by Crippen LogP contribution is -2.45. The number of benzene rings is 2. The Morgan fingerprint density at radius 1 is 1.11 bits per heavy atom. The zero-order valence-electron chi connectivity index (χ0n) is 15.8. The summed E-state index contributed by atoms with van der Waals surface area (Å²) in [6.07, 6.45) is 1.06. The van der Waals surface area contributed by atoms with Crippen molar-refractivity contribution in [2.75, 3.05) is 36.2 Å². The molecule has 1 heterocycles. The van der Waals surface area contributed by atoms with Crippen molar-refractivity contribution >= 4 is 27.3 Å². The quantitative estimate of drug-likeness (QED) is 0.791. The van der Waals surface area contributed by atoms with E-state index < -0.39 is 22.0 Å². The summed E-state index contributed by atoms with van der Waals surface area (Å²) in [5.74, 6) is 1.25. The lowest BCUT2D eigenvalue weighted by Gasteiger charge is -2.28. The zero-order valence-corrected chi connectivity index (χ0v) is 16.7. The molecule has 1 aliphatic rings. The molecular formula is C19H22N2O6S. The number of amides is 1. The Kier molecular flexibility index (Phi) is 5.64. The molecule has 28 heavy (non-hydrogen) atoms. The van der Waals surface area contributed by atoms with Gasteiger partial charge in [-0.3, -0.25) is 9.10 Å². The molecule has 1 aliphatic heterocycles. The van der Waals surface area contributed by atoms with Gasteiger partial charge in [0.15, 0.2) is 11.5 Å².